The molecule has 2 aromatic carbocycles. The normalized spacial score (nSPS) is 11.7. The molecule has 21 heavy (non-hydrogen) atoms. The monoisotopic (exact) mass is 347 g/mol. The molecule has 1 unspecified atom stereocenters. The zero-order valence-corrected chi connectivity index (χ0v) is 13.5. The summed E-state index contributed by atoms with van der Waals surface area (Å²) in [7, 11) is 0. The van der Waals surface area contributed by atoms with E-state index in [4.69, 9.17) is 4.74 Å². The van der Waals surface area contributed by atoms with E-state index < -0.39 is 0 Å². The lowest BCUT2D eigenvalue weighted by molar-refractivity contribution is 0.155. The molecule has 3 nitrogen and oxygen atoms in total. The summed E-state index contributed by atoms with van der Waals surface area (Å²) < 4.78 is 5.33. The Balaban J connectivity index is 2.16. The van der Waals surface area contributed by atoms with E-state index in [1.54, 1.807) is 4.90 Å². The number of halogens is 1. The van der Waals surface area contributed by atoms with Gasteiger partial charge >= 0.3 is 6.09 Å². The molecule has 0 radical (unpaired) electrons. The van der Waals surface area contributed by atoms with Crippen LogP contribution in [0, 0.1) is 0 Å². The Bertz CT molecular complexity index is 558. The van der Waals surface area contributed by atoms with Crippen LogP contribution in [0.25, 0.3) is 0 Å². The maximum Gasteiger partial charge on any atom is 0.414 e. The van der Waals surface area contributed by atoms with Crippen molar-refractivity contribution in [3.8, 4) is 0 Å². The van der Waals surface area contributed by atoms with Gasteiger partial charge in [0.2, 0.25) is 0 Å². The van der Waals surface area contributed by atoms with Gasteiger partial charge in [0.05, 0.1) is 6.54 Å². The molecule has 2 rings (SSSR count). The average Bonchev–Trinajstić information content (AvgIpc) is 2.52. The summed E-state index contributed by atoms with van der Waals surface area (Å²) in [5.41, 5.74) is 1.89. The molecule has 1 amide bonds. The first-order valence-electron chi connectivity index (χ1n) is 6.84. The maximum absolute atomic E-state index is 12.3. The van der Waals surface area contributed by atoms with Gasteiger partial charge in [0, 0.05) is 10.5 Å². The number of carbonyl (C=O) groups excluding carboxylic acids is 1. The van der Waals surface area contributed by atoms with Crippen LogP contribution in [0.3, 0.4) is 0 Å². The number of hydrogen-bond donors (Lipinski definition) is 0. The van der Waals surface area contributed by atoms with Crippen LogP contribution in [0.15, 0.2) is 60.7 Å². The number of carbonyl (C=O) groups is 1. The van der Waals surface area contributed by atoms with Crippen LogP contribution in [0.1, 0.15) is 12.5 Å². The third-order valence-electron chi connectivity index (χ3n) is 2.91. The van der Waals surface area contributed by atoms with E-state index in [9.17, 15) is 4.79 Å². The lowest BCUT2D eigenvalue weighted by atomic mass is 10.2. The Kier molecular flexibility index (Phi) is 5.81. The summed E-state index contributed by atoms with van der Waals surface area (Å²) in [5, 5.41) is 0. The van der Waals surface area contributed by atoms with Gasteiger partial charge in [-0.2, -0.15) is 0 Å². The maximum atomic E-state index is 12.3. The second-order valence-electron chi connectivity index (χ2n) is 4.76. The molecule has 0 aliphatic rings. The van der Waals surface area contributed by atoms with Gasteiger partial charge < -0.3 is 4.74 Å². The first-order valence-corrected chi connectivity index (χ1v) is 7.75. The Labute approximate surface area is 133 Å². The zero-order valence-electron chi connectivity index (χ0n) is 11.9. The van der Waals surface area contributed by atoms with Crippen LogP contribution in [0.5, 0.6) is 0 Å². The Morgan fingerprint density at radius 2 is 1.67 bits per heavy atom. The van der Waals surface area contributed by atoms with Gasteiger partial charge in [0.15, 0.2) is 0 Å². The third kappa shape index (κ3) is 4.90. The highest BCUT2D eigenvalue weighted by atomic mass is 79.9. The number of nitrogens with zero attached hydrogens (tertiary/aromatic N) is 1. The number of hydrogen-bond acceptors (Lipinski definition) is 2. The van der Waals surface area contributed by atoms with Crippen molar-refractivity contribution < 1.29 is 9.53 Å². The molecule has 0 spiro atoms. The molecule has 0 aliphatic carbocycles. The van der Waals surface area contributed by atoms with Crippen LogP contribution in [-0.4, -0.2) is 17.5 Å². The molecule has 0 bridgehead atoms. The predicted octanol–water partition coefficient (Wildman–Crippen LogP) is 4.61. The van der Waals surface area contributed by atoms with Gasteiger partial charge in [0.25, 0.3) is 0 Å². The zero-order chi connectivity index (χ0) is 15.1. The second-order valence-corrected chi connectivity index (χ2v) is 6.33. The standard InChI is InChI=1S/C17H18BrNO2/c1-14(18)13-21-17(20)19(16-10-6-3-7-11-16)12-15-8-4-2-5-9-15/h2-11,14H,12-13H2,1H3. The average molecular weight is 348 g/mol. The van der Waals surface area contributed by atoms with E-state index in [-0.39, 0.29) is 10.9 Å². The van der Waals surface area contributed by atoms with E-state index in [1.807, 2.05) is 67.6 Å². The molecule has 4 heteroatoms. The van der Waals surface area contributed by atoms with Crippen LogP contribution in [0.4, 0.5) is 10.5 Å². The highest BCUT2D eigenvalue weighted by molar-refractivity contribution is 9.09. The first kappa shape index (κ1) is 15.6. The number of ether oxygens (including phenoxy) is 1. The Morgan fingerprint density at radius 3 is 2.24 bits per heavy atom. The van der Waals surface area contributed by atoms with Crippen molar-refractivity contribution in [1.82, 2.24) is 0 Å². The second kappa shape index (κ2) is 7.84. The van der Waals surface area contributed by atoms with Crippen molar-refractivity contribution in [2.75, 3.05) is 11.5 Å². The smallest absolute Gasteiger partial charge is 0.414 e. The summed E-state index contributed by atoms with van der Waals surface area (Å²) in [5.74, 6) is 0. The van der Waals surface area contributed by atoms with Crippen LogP contribution in [-0.2, 0) is 11.3 Å². The highest BCUT2D eigenvalue weighted by Gasteiger charge is 2.18. The predicted molar refractivity (Wildman–Crippen MR) is 88.8 cm³/mol. The fourth-order valence-corrected chi connectivity index (χ4v) is 2.03. The SMILES string of the molecule is CC(Br)COC(=O)N(Cc1ccccc1)c1ccccc1. The Hall–Kier alpha value is -1.81. The van der Waals surface area contributed by atoms with E-state index >= 15 is 0 Å². The van der Waals surface area contributed by atoms with Gasteiger partial charge in [-0.05, 0) is 24.6 Å². The van der Waals surface area contributed by atoms with Crippen molar-refractivity contribution in [3.63, 3.8) is 0 Å². The molecule has 0 aliphatic heterocycles. The minimum atomic E-state index is -0.337. The number of alkyl halides is 1. The van der Waals surface area contributed by atoms with Crippen molar-refractivity contribution in [3.05, 3.63) is 66.2 Å². The Morgan fingerprint density at radius 1 is 1.10 bits per heavy atom. The summed E-state index contributed by atoms with van der Waals surface area (Å²) >= 11 is 3.38. The highest BCUT2D eigenvalue weighted by Crippen LogP contribution is 2.18. The van der Waals surface area contributed by atoms with Gasteiger partial charge in [0.1, 0.15) is 6.61 Å². The summed E-state index contributed by atoms with van der Waals surface area (Å²) in [6.07, 6.45) is -0.337. The first-order chi connectivity index (χ1) is 10.2. The van der Waals surface area contributed by atoms with Crippen molar-refractivity contribution in [2.45, 2.75) is 18.3 Å². The number of rotatable bonds is 5. The van der Waals surface area contributed by atoms with E-state index in [1.165, 1.54) is 0 Å². The summed E-state index contributed by atoms with van der Waals surface area (Å²) in [6.45, 7) is 2.77. The topological polar surface area (TPSA) is 29.5 Å². The van der Waals surface area contributed by atoms with Crippen molar-refractivity contribution in [2.24, 2.45) is 0 Å². The lowest BCUT2D eigenvalue weighted by Gasteiger charge is -2.22. The van der Waals surface area contributed by atoms with Crippen molar-refractivity contribution in [1.29, 1.82) is 0 Å². The molecule has 0 saturated carbocycles. The minimum Gasteiger partial charge on any atom is -0.448 e. The third-order valence-corrected chi connectivity index (χ3v) is 3.17. The molecule has 1 atom stereocenters. The number of benzene rings is 2. The molecule has 110 valence electrons. The quantitative estimate of drug-likeness (QED) is 0.739. The number of amides is 1. The fourth-order valence-electron chi connectivity index (χ4n) is 1.90. The molecule has 0 saturated heterocycles. The number of anilines is 1. The van der Waals surface area contributed by atoms with Gasteiger partial charge in [-0.3, -0.25) is 4.90 Å². The van der Waals surface area contributed by atoms with Gasteiger partial charge in [-0.1, -0.05) is 64.5 Å². The van der Waals surface area contributed by atoms with Crippen LogP contribution >= 0.6 is 15.9 Å². The van der Waals surface area contributed by atoms with Crippen LogP contribution < -0.4 is 4.90 Å². The minimum absolute atomic E-state index is 0.135. The molecule has 0 fully saturated rings. The van der Waals surface area contributed by atoms with Gasteiger partial charge in [-0.15, -0.1) is 0 Å². The van der Waals surface area contributed by atoms with Gasteiger partial charge in [-0.25, -0.2) is 4.79 Å². The van der Waals surface area contributed by atoms with Crippen molar-refractivity contribution >= 4 is 27.7 Å². The molecule has 2 aromatic rings. The van der Waals surface area contributed by atoms with E-state index in [2.05, 4.69) is 15.9 Å². The summed E-state index contributed by atoms with van der Waals surface area (Å²) in [6, 6.07) is 19.4. The summed E-state index contributed by atoms with van der Waals surface area (Å²) in [4.78, 5) is 14.1. The molecular formula is C17H18BrNO2. The van der Waals surface area contributed by atoms with E-state index in [0.717, 1.165) is 11.3 Å². The van der Waals surface area contributed by atoms with Crippen LogP contribution in [0.2, 0.25) is 0 Å². The largest absolute Gasteiger partial charge is 0.448 e. The lowest BCUT2D eigenvalue weighted by Crippen LogP contribution is -2.32. The fraction of sp³-hybridized carbons (Fsp3) is 0.235. The molecule has 0 N–H and O–H groups in total. The van der Waals surface area contributed by atoms with E-state index in [0.29, 0.717) is 13.2 Å². The number of para-hydroxylation sites is 1. The molecule has 0 aromatic heterocycles. The molecular weight excluding hydrogens is 330 g/mol. The molecule has 0 heterocycles.